The lowest BCUT2D eigenvalue weighted by Crippen LogP contribution is -2.23. The molecule has 0 aliphatic carbocycles. The van der Waals surface area contributed by atoms with Crippen LogP contribution in [0.15, 0.2) is 41.5 Å². The van der Waals surface area contributed by atoms with E-state index < -0.39 is 0 Å². The quantitative estimate of drug-likeness (QED) is 0.908. The number of nitrogens with zero attached hydrogens (tertiary/aromatic N) is 2. The van der Waals surface area contributed by atoms with Crippen LogP contribution in [0.5, 0.6) is 11.6 Å². The Morgan fingerprint density at radius 1 is 1.40 bits per heavy atom. The third kappa shape index (κ3) is 3.24. The molecule has 0 saturated heterocycles. The van der Waals surface area contributed by atoms with Gasteiger partial charge < -0.3 is 14.6 Å². The molecule has 1 N–H and O–H groups in total. The van der Waals surface area contributed by atoms with Crippen molar-refractivity contribution in [3.63, 3.8) is 0 Å². The third-order valence-corrected chi connectivity index (χ3v) is 2.89. The molecule has 5 heteroatoms. The molecule has 0 aliphatic heterocycles. The minimum absolute atomic E-state index is 0.0727. The maximum Gasteiger partial charge on any atom is 0.313 e. The highest BCUT2D eigenvalue weighted by atomic mass is 16.5. The molecule has 2 rings (SSSR count). The van der Waals surface area contributed by atoms with Gasteiger partial charge in [0.25, 0.3) is 5.88 Å². The van der Waals surface area contributed by atoms with Crippen molar-refractivity contribution in [1.29, 1.82) is 0 Å². The topological polar surface area (TPSA) is 56.1 Å². The Hall–Kier alpha value is -2.14. The molecule has 5 nitrogen and oxygen atoms in total. The minimum atomic E-state index is -0.221. The normalized spacial score (nSPS) is 10.8. The third-order valence-electron chi connectivity index (χ3n) is 2.89. The van der Waals surface area contributed by atoms with Gasteiger partial charge in [0.2, 0.25) is 0 Å². The lowest BCUT2D eigenvalue weighted by Gasteiger charge is -2.11. The molecule has 106 valence electrons. The van der Waals surface area contributed by atoms with Crippen LogP contribution in [0.4, 0.5) is 0 Å². The molecule has 0 atom stereocenters. The van der Waals surface area contributed by atoms with Crippen molar-refractivity contribution in [3.8, 4) is 11.6 Å². The van der Waals surface area contributed by atoms with Crippen LogP contribution in [0.25, 0.3) is 0 Å². The Bertz CT molecular complexity index is 635. The van der Waals surface area contributed by atoms with Crippen molar-refractivity contribution in [2.75, 3.05) is 7.05 Å². The summed E-state index contributed by atoms with van der Waals surface area (Å²) in [5.74, 6) is 0.715. The van der Waals surface area contributed by atoms with E-state index >= 15 is 0 Å². The van der Waals surface area contributed by atoms with Gasteiger partial charge in [-0.15, -0.1) is 0 Å². The lowest BCUT2D eigenvalue weighted by molar-refractivity contribution is 0.436. The van der Waals surface area contributed by atoms with Gasteiger partial charge in [0.1, 0.15) is 5.75 Å². The molecule has 2 aromatic rings. The Morgan fingerprint density at radius 3 is 2.90 bits per heavy atom. The van der Waals surface area contributed by atoms with Gasteiger partial charge in [-0.05, 0) is 38.6 Å². The Morgan fingerprint density at radius 2 is 2.20 bits per heavy atom. The van der Waals surface area contributed by atoms with Crippen molar-refractivity contribution in [1.82, 2.24) is 14.9 Å². The highest BCUT2D eigenvalue weighted by molar-refractivity contribution is 5.31. The highest BCUT2D eigenvalue weighted by Gasteiger charge is 2.09. The van der Waals surface area contributed by atoms with Crippen molar-refractivity contribution < 1.29 is 4.74 Å². The zero-order valence-electron chi connectivity index (χ0n) is 12.0. The van der Waals surface area contributed by atoms with Crippen molar-refractivity contribution in [3.05, 3.63) is 52.6 Å². The van der Waals surface area contributed by atoms with Gasteiger partial charge in [-0.1, -0.05) is 12.1 Å². The summed E-state index contributed by atoms with van der Waals surface area (Å²) >= 11 is 0. The van der Waals surface area contributed by atoms with Crippen molar-refractivity contribution in [2.45, 2.75) is 26.4 Å². The largest absolute Gasteiger partial charge is 0.435 e. The van der Waals surface area contributed by atoms with Gasteiger partial charge in [0.15, 0.2) is 0 Å². The highest BCUT2D eigenvalue weighted by Crippen LogP contribution is 2.18. The summed E-state index contributed by atoms with van der Waals surface area (Å²) in [5, 5.41) is 3.07. The average Bonchev–Trinajstić information content (AvgIpc) is 2.42. The van der Waals surface area contributed by atoms with E-state index in [-0.39, 0.29) is 17.5 Å². The second-order valence-electron chi connectivity index (χ2n) is 4.82. The number of aromatic nitrogens is 2. The number of nitrogens with one attached hydrogen (secondary N) is 1. The van der Waals surface area contributed by atoms with E-state index in [0.29, 0.717) is 5.75 Å². The first-order chi connectivity index (χ1) is 9.61. The molecule has 1 heterocycles. The fraction of sp³-hybridized carbons (Fsp3) is 0.333. The zero-order valence-corrected chi connectivity index (χ0v) is 12.0. The Labute approximate surface area is 118 Å². The van der Waals surface area contributed by atoms with Crippen LogP contribution in [0.1, 0.15) is 25.5 Å². The number of ether oxygens (including phenoxy) is 1. The van der Waals surface area contributed by atoms with Crippen LogP contribution in [-0.4, -0.2) is 16.6 Å². The van der Waals surface area contributed by atoms with E-state index in [2.05, 4.69) is 10.3 Å². The molecule has 0 radical (unpaired) electrons. The standard InChI is InChI=1S/C15H19N3O2/c1-11(2)18-8-7-17-14(15(18)19)20-13-6-4-5-12(9-13)10-16-3/h4-9,11,16H,10H2,1-3H3. The zero-order chi connectivity index (χ0) is 14.5. The first-order valence-electron chi connectivity index (χ1n) is 6.60. The van der Waals surface area contributed by atoms with Crippen LogP contribution >= 0.6 is 0 Å². The smallest absolute Gasteiger partial charge is 0.313 e. The van der Waals surface area contributed by atoms with Gasteiger partial charge in [0.05, 0.1) is 0 Å². The Balaban J connectivity index is 2.28. The molecule has 20 heavy (non-hydrogen) atoms. The predicted molar refractivity (Wildman–Crippen MR) is 78.2 cm³/mol. The number of benzene rings is 1. The molecular formula is C15H19N3O2. The minimum Gasteiger partial charge on any atom is -0.435 e. The van der Waals surface area contributed by atoms with Gasteiger partial charge >= 0.3 is 5.56 Å². The van der Waals surface area contributed by atoms with E-state index in [4.69, 9.17) is 4.74 Å². The first kappa shape index (κ1) is 14.3. The lowest BCUT2D eigenvalue weighted by atomic mass is 10.2. The molecule has 0 amide bonds. The summed E-state index contributed by atoms with van der Waals surface area (Å²) in [6, 6.07) is 7.67. The summed E-state index contributed by atoms with van der Waals surface area (Å²) < 4.78 is 7.21. The van der Waals surface area contributed by atoms with Gasteiger partial charge in [-0.2, -0.15) is 0 Å². The summed E-state index contributed by atoms with van der Waals surface area (Å²) in [5.41, 5.74) is 0.867. The average molecular weight is 273 g/mol. The van der Waals surface area contributed by atoms with Gasteiger partial charge in [0, 0.05) is 25.0 Å². The van der Waals surface area contributed by atoms with E-state index in [0.717, 1.165) is 12.1 Å². The van der Waals surface area contributed by atoms with Crippen LogP contribution < -0.4 is 15.6 Å². The molecule has 0 bridgehead atoms. The molecule has 1 aromatic heterocycles. The Kier molecular flexibility index (Phi) is 4.53. The van der Waals surface area contributed by atoms with E-state index in [9.17, 15) is 4.79 Å². The molecule has 0 saturated carbocycles. The molecule has 0 spiro atoms. The summed E-state index contributed by atoms with van der Waals surface area (Å²) in [4.78, 5) is 16.2. The summed E-state index contributed by atoms with van der Waals surface area (Å²) in [7, 11) is 1.88. The van der Waals surface area contributed by atoms with Gasteiger partial charge in [-0.25, -0.2) is 4.98 Å². The van der Waals surface area contributed by atoms with Crippen LogP contribution in [0.2, 0.25) is 0 Å². The molecular weight excluding hydrogens is 254 g/mol. The number of hydrogen-bond donors (Lipinski definition) is 1. The van der Waals surface area contributed by atoms with Crippen LogP contribution in [0.3, 0.4) is 0 Å². The van der Waals surface area contributed by atoms with Crippen LogP contribution in [-0.2, 0) is 6.54 Å². The van der Waals surface area contributed by atoms with Crippen LogP contribution in [0, 0.1) is 0 Å². The molecule has 1 aromatic carbocycles. The summed E-state index contributed by atoms with van der Waals surface area (Å²) in [6.07, 6.45) is 3.24. The predicted octanol–water partition coefficient (Wildman–Crippen LogP) is 2.34. The molecule has 0 unspecified atom stereocenters. The molecule has 0 aliphatic rings. The monoisotopic (exact) mass is 273 g/mol. The maximum absolute atomic E-state index is 12.2. The van der Waals surface area contributed by atoms with E-state index in [1.54, 1.807) is 17.0 Å². The van der Waals surface area contributed by atoms with Crippen molar-refractivity contribution in [2.24, 2.45) is 0 Å². The SMILES string of the molecule is CNCc1cccc(Oc2nccn(C(C)C)c2=O)c1. The van der Waals surface area contributed by atoms with E-state index in [1.165, 1.54) is 0 Å². The van der Waals surface area contributed by atoms with Crippen molar-refractivity contribution >= 4 is 0 Å². The summed E-state index contributed by atoms with van der Waals surface area (Å²) in [6.45, 7) is 4.63. The second-order valence-corrected chi connectivity index (χ2v) is 4.82. The van der Waals surface area contributed by atoms with Gasteiger partial charge in [-0.3, -0.25) is 4.79 Å². The fourth-order valence-corrected chi connectivity index (χ4v) is 1.92. The number of rotatable bonds is 5. The molecule has 0 fully saturated rings. The maximum atomic E-state index is 12.2. The van der Waals surface area contributed by atoms with E-state index in [1.807, 2.05) is 45.2 Å². The first-order valence-corrected chi connectivity index (χ1v) is 6.60. The second kappa shape index (κ2) is 6.34. The number of hydrogen-bond acceptors (Lipinski definition) is 4. The fourth-order valence-electron chi connectivity index (χ4n) is 1.92.